The van der Waals surface area contributed by atoms with Gasteiger partial charge in [-0.25, -0.2) is 4.79 Å². The number of carboxylic acids is 1. The van der Waals surface area contributed by atoms with Gasteiger partial charge in [0.1, 0.15) is 16.4 Å². The Morgan fingerprint density at radius 3 is 2.48 bits per heavy atom. The Morgan fingerprint density at radius 2 is 2.05 bits per heavy atom. The molecule has 1 aromatic rings. The lowest BCUT2D eigenvalue weighted by Crippen LogP contribution is -2.56. The van der Waals surface area contributed by atoms with Gasteiger partial charge in [0.05, 0.1) is 5.02 Å². The number of carbonyl (C=O) groups excluding carboxylic acids is 1. The van der Waals surface area contributed by atoms with E-state index in [1.807, 2.05) is 0 Å². The molecule has 116 valence electrons. The summed E-state index contributed by atoms with van der Waals surface area (Å²) in [6.45, 7) is 2.10. The third-order valence-corrected chi connectivity index (χ3v) is 4.96. The molecule has 5 nitrogen and oxygen atoms in total. The lowest BCUT2D eigenvalue weighted by Gasteiger charge is -2.37. The summed E-state index contributed by atoms with van der Waals surface area (Å²) in [5.41, 5.74) is -1.03. The molecule has 0 bridgehead atoms. The molecule has 0 spiro atoms. The molecule has 0 unspecified atom stereocenters. The molecule has 7 heteroatoms. The van der Waals surface area contributed by atoms with E-state index < -0.39 is 17.4 Å². The van der Waals surface area contributed by atoms with E-state index in [1.54, 1.807) is 0 Å². The minimum atomic E-state index is -1.20. The highest BCUT2D eigenvalue weighted by atomic mass is 35.5. The normalized spacial score (nSPS) is 25.6. The van der Waals surface area contributed by atoms with Crippen molar-refractivity contribution in [3.8, 4) is 0 Å². The van der Waals surface area contributed by atoms with Crippen LogP contribution in [0.2, 0.25) is 10.2 Å². The highest BCUT2D eigenvalue weighted by molar-refractivity contribution is 6.41. The Morgan fingerprint density at radius 1 is 1.43 bits per heavy atom. The highest BCUT2D eigenvalue weighted by Gasteiger charge is 2.43. The van der Waals surface area contributed by atoms with Gasteiger partial charge >= 0.3 is 5.97 Å². The minimum Gasteiger partial charge on any atom is -0.480 e. The van der Waals surface area contributed by atoms with E-state index in [0.29, 0.717) is 18.8 Å². The van der Waals surface area contributed by atoms with E-state index in [0.717, 1.165) is 19.3 Å². The topological polar surface area (TPSA) is 82.2 Å². The van der Waals surface area contributed by atoms with Gasteiger partial charge in [-0.1, -0.05) is 36.5 Å². The van der Waals surface area contributed by atoms with E-state index in [2.05, 4.69) is 17.2 Å². The lowest BCUT2D eigenvalue weighted by molar-refractivity contribution is -0.146. The molecule has 1 heterocycles. The standard InChI is InChI=1S/C14H18Cl2N2O3/c1-2-8-3-5-14(6-4-8,13(20)21)18-12(19)10-7-9(15)11(16)17-10/h7-8,17H,2-6H2,1H3,(H,18,19)(H,20,21). The second-order valence-electron chi connectivity index (χ2n) is 5.54. The molecule has 1 aromatic heterocycles. The average Bonchev–Trinajstić information content (AvgIpc) is 2.79. The average molecular weight is 333 g/mol. The fourth-order valence-electron chi connectivity index (χ4n) is 2.78. The maximum atomic E-state index is 12.2. The van der Waals surface area contributed by atoms with Gasteiger partial charge in [-0.05, 0) is 37.7 Å². The minimum absolute atomic E-state index is 0.167. The predicted octanol–water partition coefficient (Wildman–Crippen LogP) is 3.47. The van der Waals surface area contributed by atoms with Crippen LogP contribution < -0.4 is 5.32 Å². The quantitative estimate of drug-likeness (QED) is 0.789. The van der Waals surface area contributed by atoms with Crippen LogP contribution in [0.25, 0.3) is 0 Å². The van der Waals surface area contributed by atoms with Crippen LogP contribution in [0, 0.1) is 5.92 Å². The first-order chi connectivity index (χ1) is 9.88. The van der Waals surface area contributed by atoms with Crippen molar-refractivity contribution in [1.29, 1.82) is 0 Å². The number of aromatic nitrogens is 1. The van der Waals surface area contributed by atoms with Gasteiger partial charge in [0.2, 0.25) is 0 Å². The molecular weight excluding hydrogens is 315 g/mol. The van der Waals surface area contributed by atoms with Crippen LogP contribution in [0.15, 0.2) is 6.07 Å². The van der Waals surface area contributed by atoms with E-state index in [1.165, 1.54) is 6.07 Å². The van der Waals surface area contributed by atoms with Crippen LogP contribution in [0.3, 0.4) is 0 Å². The van der Waals surface area contributed by atoms with Crippen molar-refractivity contribution in [2.24, 2.45) is 5.92 Å². The number of hydrogen-bond donors (Lipinski definition) is 3. The smallest absolute Gasteiger partial charge is 0.329 e. The third kappa shape index (κ3) is 3.35. The SMILES string of the molecule is CCC1CCC(NC(=O)c2cc(Cl)c(Cl)[nH]2)(C(=O)O)CC1. The Balaban J connectivity index is 2.13. The molecule has 0 atom stereocenters. The molecule has 0 saturated heterocycles. The van der Waals surface area contributed by atoms with Gasteiger partial charge in [-0.2, -0.15) is 0 Å². The first-order valence-corrected chi connectivity index (χ1v) is 7.73. The summed E-state index contributed by atoms with van der Waals surface area (Å²) in [6, 6.07) is 1.40. The summed E-state index contributed by atoms with van der Waals surface area (Å²) in [7, 11) is 0. The van der Waals surface area contributed by atoms with Crippen LogP contribution in [0.4, 0.5) is 0 Å². The molecule has 21 heavy (non-hydrogen) atoms. The fourth-order valence-corrected chi connectivity index (χ4v) is 3.09. The lowest BCUT2D eigenvalue weighted by atomic mass is 9.75. The Bertz CT molecular complexity index is 529. The monoisotopic (exact) mass is 332 g/mol. The zero-order valence-electron chi connectivity index (χ0n) is 11.7. The number of halogens is 2. The molecule has 1 aliphatic rings. The number of H-pyrrole nitrogens is 1. The molecule has 2 rings (SSSR count). The molecule has 0 aliphatic heterocycles. The second-order valence-corrected chi connectivity index (χ2v) is 6.32. The van der Waals surface area contributed by atoms with Crippen molar-refractivity contribution < 1.29 is 14.7 Å². The number of hydrogen-bond acceptors (Lipinski definition) is 2. The zero-order chi connectivity index (χ0) is 15.6. The first-order valence-electron chi connectivity index (χ1n) is 6.98. The van der Waals surface area contributed by atoms with Crippen molar-refractivity contribution in [2.45, 2.75) is 44.6 Å². The number of rotatable bonds is 4. The summed E-state index contributed by atoms with van der Waals surface area (Å²) in [5.74, 6) is -0.959. The maximum absolute atomic E-state index is 12.2. The van der Waals surface area contributed by atoms with Gasteiger partial charge in [0.25, 0.3) is 5.91 Å². The van der Waals surface area contributed by atoms with Crippen molar-refractivity contribution in [3.05, 3.63) is 21.9 Å². The Labute approximate surface area is 133 Å². The summed E-state index contributed by atoms with van der Waals surface area (Å²) in [6.07, 6.45) is 3.51. The van der Waals surface area contributed by atoms with Gasteiger partial charge in [0.15, 0.2) is 0 Å². The van der Waals surface area contributed by atoms with E-state index in [4.69, 9.17) is 23.2 Å². The first kappa shape index (κ1) is 16.2. The van der Waals surface area contributed by atoms with Crippen LogP contribution in [-0.4, -0.2) is 27.5 Å². The summed E-state index contributed by atoms with van der Waals surface area (Å²) in [4.78, 5) is 26.5. The van der Waals surface area contributed by atoms with Crippen LogP contribution >= 0.6 is 23.2 Å². The Kier molecular flexibility index (Phi) is 4.84. The number of aromatic amines is 1. The van der Waals surface area contributed by atoms with Crippen LogP contribution in [0.5, 0.6) is 0 Å². The van der Waals surface area contributed by atoms with Gasteiger partial charge in [-0.3, -0.25) is 4.79 Å². The zero-order valence-corrected chi connectivity index (χ0v) is 13.2. The molecular formula is C14H18Cl2N2O3. The van der Waals surface area contributed by atoms with Crippen LogP contribution in [0.1, 0.15) is 49.5 Å². The highest BCUT2D eigenvalue weighted by Crippen LogP contribution is 2.34. The summed E-state index contributed by atoms with van der Waals surface area (Å²) < 4.78 is 0. The van der Waals surface area contributed by atoms with Crippen molar-refractivity contribution in [3.63, 3.8) is 0 Å². The molecule has 0 radical (unpaired) electrons. The summed E-state index contributed by atoms with van der Waals surface area (Å²) in [5, 5.41) is 12.6. The third-order valence-electron chi connectivity index (χ3n) is 4.27. The second kappa shape index (κ2) is 6.28. The summed E-state index contributed by atoms with van der Waals surface area (Å²) >= 11 is 11.6. The van der Waals surface area contributed by atoms with E-state index >= 15 is 0 Å². The maximum Gasteiger partial charge on any atom is 0.329 e. The molecule has 1 fully saturated rings. The van der Waals surface area contributed by atoms with E-state index in [9.17, 15) is 14.7 Å². The van der Waals surface area contributed by atoms with Crippen molar-refractivity contribution in [1.82, 2.24) is 10.3 Å². The van der Waals surface area contributed by atoms with Crippen molar-refractivity contribution in [2.75, 3.05) is 0 Å². The fraction of sp³-hybridized carbons (Fsp3) is 0.571. The molecule has 1 saturated carbocycles. The largest absolute Gasteiger partial charge is 0.480 e. The number of carboxylic acid groups (broad SMARTS) is 1. The number of amides is 1. The molecule has 0 aromatic carbocycles. The number of nitrogens with one attached hydrogen (secondary N) is 2. The van der Waals surface area contributed by atoms with Crippen molar-refractivity contribution >= 4 is 35.1 Å². The number of aliphatic carboxylic acids is 1. The Hall–Kier alpha value is -1.20. The molecule has 1 amide bonds. The van der Waals surface area contributed by atoms with Gasteiger partial charge < -0.3 is 15.4 Å². The van der Waals surface area contributed by atoms with Gasteiger partial charge in [0, 0.05) is 0 Å². The predicted molar refractivity (Wildman–Crippen MR) is 80.9 cm³/mol. The molecule has 3 N–H and O–H groups in total. The van der Waals surface area contributed by atoms with Crippen LogP contribution in [-0.2, 0) is 4.79 Å². The number of carbonyl (C=O) groups is 2. The molecule has 1 aliphatic carbocycles. The van der Waals surface area contributed by atoms with Gasteiger partial charge in [-0.15, -0.1) is 0 Å². The van der Waals surface area contributed by atoms with E-state index in [-0.39, 0.29) is 15.9 Å².